The van der Waals surface area contributed by atoms with Crippen molar-refractivity contribution in [1.29, 1.82) is 0 Å². The lowest BCUT2D eigenvalue weighted by Crippen LogP contribution is -2.45. The number of hydrogen-bond donors (Lipinski definition) is 2. The van der Waals surface area contributed by atoms with Gasteiger partial charge in [-0.15, -0.1) is 0 Å². The van der Waals surface area contributed by atoms with Crippen LogP contribution in [0, 0.1) is 0 Å². The van der Waals surface area contributed by atoms with Crippen LogP contribution in [-0.2, 0) is 19.9 Å². The van der Waals surface area contributed by atoms with Gasteiger partial charge < -0.3 is 15.2 Å². The van der Waals surface area contributed by atoms with Crippen molar-refractivity contribution in [2.45, 2.75) is 25.0 Å². The number of esters is 1. The molecule has 6 nitrogen and oxygen atoms in total. The Morgan fingerprint density at radius 3 is 2.80 bits per heavy atom. The highest BCUT2D eigenvalue weighted by Crippen LogP contribution is 2.37. The zero-order chi connectivity index (χ0) is 14.8. The molecule has 0 saturated heterocycles. The molecule has 2 atom stereocenters. The second kappa shape index (κ2) is 5.42. The Balaban J connectivity index is 2.25. The van der Waals surface area contributed by atoms with Gasteiger partial charge in [0.1, 0.15) is 11.6 Å². The molecule has 1 aromatic carbocycles. The maximum absolute atomic E-state index is 11.7. The van der Waals surface area contributed by atoms with Gasteiger partial charge in [-0.1, -0.05) is 18.2 Å². The number of amides is 1. The fourth-order valence-electron chi connectivity index (χ4n) is 2.25. The van der Waals surface area contributed by atoms with Crippen molar-refractivity contribution < 1.29 is 19.4 Å². The minimum atomic E-state index is -1.39. The lowest BCUT2D eigenvalue weighted by atomic mass is 9.89. The van der Waals surface area contributed by atoms with Gasteiger partial charge in [0.2, 0.25) is 5.91 Å². The number of benzene rings is 1. The number of aliphatic hydroxyl groups is 1. The molecule has 1 aliphatic rings. The predicted octanol–water partition coefficient (Wildman–Crippen LogP) is 0.658. The average molecular weight is 276 g/mol. The lowest BCUT2D eigenvalue weighted by molar-refractivity contribution is -0.146. The van der Waals surface area contributed by atoms with Crippen LogP contribution >= 0.6 is 0 Å². The number of aliphatic imine (C=N–C) groups is 1. The molecule has 0 aromatic heterocycles. The van der Waals surface area contributed by atoms with Crippen molar-refractivity contribution in [3.8, 4) is 0 Å². The Hall–Kier alpha value is -2.21. The molecular weight excluding hydrogens is 260 g/mol. The van der Waals surface area contributed by atoms with E-state index in [9.17, 15) is 14.7 Å². The number of fused-ring (bicyclic) bond motifs is 1. The molecule has 1 aromatic rings. The minimum absolute atomic E-state index is 0.0280. The van der Waals surface area contributed by atoms with Crippen molar-refractivity contribution in [3.63, 3.8) is 0 Å². The summed E-state index contributed by atoms with van der Waals surface area (Å²) in [5.41, 5.74) is -0.126. The number of nitrogens with zero attached hydrogens (tertiary/aromatic N) is 1. The molecule has 2 N–H and O–H groups in total. The van der Waals surface area contributed by atoms with Gasteiger partial charge in [0.15, 0.2) is 0 Å². The third-order valence-electron chi connectivity index (χ3n) is 3.17. The first-order chi connectivity index (χ1) is 9.46. The Labute approximate surface area is 116 Å². The van der Waals surface area contributed by atoms with Crippen molar-refractivity contribution in [3.05, 3.63) is 29.8 Å². The molecule has 0 bridgehead atoms. The van der Waals surface area contributed by atoms with Crippen molar-refractivity contribution in [2.24, 2.45) is 4.99 Å². The van der Waals surface area contributed by atoms with Crippen molar-refractivity contribution in [1.82, 2.24) is 5.32 Å². The summed E-state index contributed by atoms with van der Waals surface area (Å²) in [6, 6.07) is 6.18. The molecule has 6 heteroatoms. The second-order valence-electron chi connectivity index (χ2n) is 4.68. The molecule has 0 radical (unpaired) electrons. The SMILES string of the molecule is COC(=O)[C@H](CC1(O)C=Nc2ccccc21)NC(C)=O. The molecule has 0 aliphatic carbocycles. The molecular formula is C14H16N2O4. The molecule has 0 saturated carbocycles. The van der Waals surface area contributed by atoms with Crippen LogP contribution in [0.1, 0.15) is 18.9 Å². The normalized spacial score (nSPS) is 21.1. The number of para-hydroxylation sites is 1. The van der Waals surface area contributed by atoms with Crippen LogP contribution in [0.3, 0.4) is 0 Å². The van der Waals surface area contributed by atoms with Gasteiger partial charge >= 0.3 is 5.97 Å². The monoisotopic (exact) mass is 276 g/mol. The van der Waals surface area contributed by atoms with Crippen LogP contribution in [0.15, 0.2) is 29.3 Å². The number of hydrogen-bond acceptors (Lipinski definition) is 5. The second-order valence-corrected chi connectivity index (χ2v) is 4.68. The topological polar surface area (TPSA) is 88.0 Å². The van der Waals surface area contributed by atoms with E-state index in [4.69, 9.17) is 0 Å². The fourth-order valence-corrected chi connectivity index (χ4v) is 2.25. The predicted molar refractivity (Wildman–Crippen MR) is 72.7 cm³/mol. The summed E-state index contributed by atoms with van der Waals surface area (Å²) in [6.07, 6.45) is 1.36. The van der Waals surface area contributed by atoms with E-state index in [0.29, 0.717) is 11.3 Å². The number of carbonyl (C=O) groups is 2. The first-order valence-electron chi connectivity index (χ1n) is 6.18. The first-order valence-corrected chi connectivity index (χ1v) is 6.18. The zero-order valence-corrected chi connectivity index (χ0v) is 11.3. The van der Waals surface area contributed by atoms with E-state index in [0.717, 1.165) is 0 Å². The number of carbonyl (C=O) groups excluding carboxylic acids is 2. The van der Waals surface area contributed by atoms with Crippen molar-refractivity contribution >= 4 is 23.8 Å². The number of ether oxygens (including phenoxy) is 1. The highest BCUT2D eigenvalue weighted by atomic mass is 16.5. The third kappa shape index (κ3) is 2.70. The summed E-state index contributed by atoms with van der Waals surface area (Å²) < 4.78 is 4.65. The van der Waals surface area contributed by atoms with E-state index in [-0.39, 0.29) is 12.3 Å². The maximum atomic E-state index is 11.7. The van der Waals surface area contributed by atoms with E-state index in [1.807, 2.05) is 6.07 Å². The first kappa shape index (κ1) is 14.2. The van der Waals surface area contributed by atoms with Crippen LogP contribution in [0.2, 0.25) is 0 Å². The Kier molecular flexibility index (Phi) is 3.85. The zero-order valence-electron chi connectivity index (χ0n) is 11.3. The lowest BCUT2D eigenvalue weighted by Gasteiger charge is -2.26. The Bertz CT molecular complexity index is 570. The Morgan fingerprint density at radius 2 is 2.15 bits per heavy atom. The summed E-state index contributed by atoms with van der Waals surface area (Å²) in [6.45, 7) is 1.30. The summed E-state index contributed by atoms with van der Waals surface area (Å²) in [5.74, 6) is -0.973. The molecule has 1 aliphatic heterocycles. The van der Waals surface area contributed by atoms with Crippen LogP contribution in [0.5, 0.6) is 0 Å². The highest BCUT2D eigenvalue weighted by molar-refractivity contribution is 5.87. The summed E-state index contributed by atoms with van der Waals surface area (Å²) in [4.78, 5) is 27.0. The summed E-state index contributed by atoms with van der Waals surface area (Å²) in [5, 5.41) is 13.1. The summed E-state index contributed by atoms with van der Waals surface area (Å²) >= 11 is 0. The van der Waals surface area contributed by atoms with E-state index in [1.54, 1.807) is 18.2 Å². The molecule has 1 heterocycles. The maximum Gasteiger partial charge on any atom is 0.328 e. The van der Waals surface area contributed by atoms with Crippen LogP contribution in [0.25, 0.3) is 0 Å². The van der Waals surface area contributed by atoms with Gasteiger partial charge in [-0.2, -0.15) is 0 Å². The molecule has 2 rings (SSSR count). The summed E-state index contributed by atoms with van der Waals surface area (Å²) in [7, 11) is 1.23. The van der Waals surface area contributed by atoms with Crippen LogP contribution < -0.4 is 5.32 Å². The molecule has 0 fully saturated rings. The van der Waals surface area contributed by atoms with E-state index < -0.39 is 17.6 Å². The molecule has 0 spiro atoms. The average Bonchev–Trinajstić information content (AvgIpc) is 2.75. The van der Waals surface area contributed by atoms with Crippen molar-refractivity contribution in [2.75, 3.05) is 7.11 Å². The van der Waals surface area contributed by atoms with Crippen LogP contribution in [-0.4, -0.2) is 36.3 Å². The number of methoxy groups -OCH3 is 1. The molecule has 1 unspecified atom stereocenters. The van der Waals surface area contributed by atoms with Gasteiger partial charge in [0.25, 0.3) is 0 Å². The largest absolute Gasteiger partial charge is 0.467 e. The standard InChI is InChI=1S/C14H16N2O4/c1-9(17)16-12(13(18)20-2)7-14(19)8-15-11-6-4-3-5-10(11)14/h3-6,8,12,19H,7H2,1-2H3,(H,16,17)/t12-,14?/m0/s1. The minimum Gasteiger partial charge on any atom is -0.467 e. The molecule has 20 heavy (non-hydrogen) atoms. The van der Waals surface area contributed by atoms with E-state index in [2.05, 4.69) is 15.0 Å². The Morgan fingerprint density at radius 1 is 1.45 bits per heavy atom. The fraction of sp³-hybridized carbons (Fsp3) is 0.357. The quantitative estimate of drug-likeness (QED) is 0.791. The van der Waals surface area contributed by atoms with Gasteiger partial charge in [0.05, 0.1) is 12.8 Å². The van der Waals surface area contributed by atoms with E-state index >= 15 is 0 Å². The highest BCUT2D eigenvalue weighted by Gasteiger charge is 2.39. The van der Waals surface area contributed by atoms with Crippen LogP contribution in [0.4, 0.5) is 5.69 Å². The van der Waals surface area contributed by atoms with Gasteiger partial charge in [-0.3, -0.25) is 9.79 Å². The van der Waals surface area contributed by atoms with Gasteiger partial charge in [-0.25, -0.2) is 4.79 Å². The number of nitrogens with one attached hydrogen (secondary N) is 1. The molecule has 1 amide bonds. The van der Waals surface area contributed by atoms with Gasteiger partial charge in [-0.05, 0) is 6.07 Å². The molecule has 106 valence electrons. The van der Waals surface area contributed by atoms with Gasteiger partial charge in [0, 0.05) is 25.1 Å². The smallest absolute Gasteiger partial charge is 0.328 e. The third-order valence-corrected chi connectivity index (χ3v) is 3.17. The number of rotatable bonds is 4. The van der Waals surface area contributed by atoms with E-state index in [1.165, 1.54) is 20.2 Å².